The number of benzene rings is 1. The number of nitrogens with two attached hydrogens (primary N) is 1. The van der Waals surface area contributed by atoms with Gasteiger partial charge < -0.3 is 15.1 Å². The lowest BCUT2D eigenvalue weighted by atomic mass is 10.1. The Kier molecular flexibility index (Phi) is 1.64. The molecule has 0 radical (unpaired) electrons. The van der Waals surface area contributed by atoms with Gasteiger partial charge in [0.05, 0.1) is 17.4 Å². The fourth-order valence-electron chi connectivity index (χ4n) is 1.60. The van der Waals surface area contributed by atoms with Crippen molar-refractivity contribution in [1.82, 2.24) is 15.0 Å². The van der Waals surface area contributed by atoms with Crippen LogP contribution in [-0.4, -0.2) is 15.0 Å². The van der Waals surface area contributed by atoms with Crippen LogP contribution in [0.1, 0.15) is 0 Å². The monoisotopic (exact) mass is 216 g/mol. The Labute approximate surface area is 89.1 Å². The molecule has 2 heterocycles. The molecule has 0 aliphatic carbocycles. The lowest BCUT2D eigenvalue weighted by Gasteiger charge is -1.95. The number of imidazole rings is 1. The summed E-state index contributed by atoms with van der Waals surface area (Å²) in [6.45, 7) is 0. The normalized spacial score (nSPS) is 11.0. The predicted molar refractivity (Wildman–Crippen MR) is 58.8 cm³/mol. The molecule has 6 heteroatoms. The van der Waals surface area contributed by atoms with Crippen molar-refractivity contribution in [2.45, 2.75) is 0 Å². The SMILES string of the molecule is Nc1ncc(-c2ccc3oc(=O)[nH]c3c2)[nH]1. The zero-order chi connectivity index (χ0) is 11.1. The van der Waals surface area contributed by atoms with Crippen LogP contribution in [0.15, 0.2) is 33.6 Å². The van der Waals surface area contributed by atoms with Crippen molar-refractivity contribution in [3.05, 3.63) is 34.9 Å². The molecule has 0 unspecified atom stereocenters. The first kappa shape index (κ1) is 8.78. The minimum absolute atomic E-state index is 0.357. The summed E-state index contributed by atoms with van der Waals surface area (Å²) in [6, 6.07) is 5.35. The third-order valence-corrected chi connectivity index (χ3v) is 2.33. The van der Waals surface area contributed by atoms with Gasteiger partial charge in [0.1, 0.15) is 0 Å². The van der Waals surface area contributed by atoms with E-state index < -0.39 is 5.76 Å². The molecule has 0 aliphatic heterocycles. The van der Waals surface area contributed by atoms with E-state index in [0.717, 1.165) is 11.3 Å². The van der Waals surface area contributed by atoms with Crippen molar-refractivity contribution in [3.63, 3.8) is 0 Å². The van der Waals surface area contributed by atoms with Crippen molar-refractivity contribution in [1.29, 1.82) is 0 Å². The van der Waals surface area contributed by atoms with Gasteiger partial charge >= 0.3 is 5.76 Å². The molecule has 6 nitrogen and oxygen atoms in total. The molecule has 0 fully saturated rings. The highest BCUT2D eigenvalue weighted by Gasteiger charge is 2.05. The largest absolute Gasteiger partial charge is 0.417 e. The summed E-state index contributed by atoms with van der Waals surface area (Å²) in [6.07, 6.45) is 1.63. The highest BCUT2D eigenvalue weighted by Crippen LogP contribution is 2.21. The second kappa shape index (κ2) is 2.99. The van der Waals surface area contributed by atoms with E-state index in [2.05, 4.69) is 15.0 Å². The lowest BCUT2D eigenvalue weighted by Crippen LogP contribution is -1.92. The third-order valence-electron chi connectivity index (χ3n) is 2.33. The van der Waals surface area contributed by atoms with E-state index in [0.29, 0.717) is 17.0 Å². The summed E-state index contributed by atoms with van der Waals surface area (Å²) in [7, 11) is 0. The Hall–Kier alpha value is -2.50. The predicted octanol–water partition coefficient (Wildman–Crippen LogP) is 1.09. The number of hydrogen-bond acceptors (Lipinski definition) is 4. The van der Waals surface area contributed by atoms with Crippen LogP contribution in [0.25, 0.3) is 22.4 Å². The molecule has 4 N–H and O–H groups in total. The molecule has 1 aromatic carbocycles. The van der Waals surface area contributed by atoms with E-state index in [1.54, 1.807) is 18.3 Å². The van der Waals surface area contributed by atoms with Crippen LogP contribution < -0.4 is 11.5 Å². The number of anilines is 1. The minimum Gasteiger partial charge on any atom is -0.408 e. The Morgan fingerprint density at radius 2 is 2.19 bits per heavy atom. The number of oxazole rings is 1. The van der Waals surface area contributed by atoms with Crippen LogP contribution in [0.4, 0.5) is 5.95 Å². The van der Waals surface area contributed by atoms with Gasteiger partial charge in [-0.1, -0.05) is 0 Å². The maximum absolute atomic E-state index is 11.0. The van der Waals surface area contributed by atoms with Crippen LogP contribution >= 0.6 is 0 Å². The van der Waals surface area contributed by atoms with Gasteiger partial charge in [0.15, 0.2) is 11.5 Å². The zero-order valence-corrected chi connectivity index (χ0v) is 8.15. The standard InChI is InChI=1S/C10H8N4O2/c11-9-12-4-7(13-9)5-1-2-8-6(3-5)14-10(15)16-8/h1-4H,(H,14,15)(H3,11,12,13). The van der Waals surface area contributed by atoms with Crippen molar-refractivity contribution in [2.75, 3.05) is 5.73 Å². The van der Waals surface area contributed by atoms with Gasteiger partial charge in [0.25, 0.3) is 0 Å². The molecule has 0 saturated heterocycles. The first-order chi connectivity index (χ1) is 7.72. The Bertz CT molecular complexity index is 707. The molecular weight excluding hydrogens is 208 g/mol. The van der Waals surface area contributed by atoms with E-state index in [1.807, 2.05) is 6.07 Å². The number of aromatic amines is 2. The van der Waals surface area contributed by atoms with Crippen LogP contribution in [0.2, 0.25) is 0 Å². The number of rotatable bonds is 1. The number of nitrogens with one attached hydrogen (secondary N) is 2. The van der Waals surface area contributed by atoms with E-state index >= 15 is 0 Å². The quantitative estimate of drug-likeness (QED) is 0.566. The second-order valence-electron chi connectivity index (χ2n) is 3.41. The molecule has 2 aromatic heterocycles. The van der Waals surface area contributed by atoms with Crippen molar-refractivity contribution < 1.29 is 4.42 Å². The van der Waals surface area contributed by atoms with Crippen molar-refractivity contribution in [3.8, 4) is 11.3 Å². The smallest absolute Gasteiger partial charge is 0.408 e. The zero-order valence-electron chi connectivity index (χ0n) is 8.15. The Morgan fingerprint density at radius 3 is 2.94 bits per heavy atom. The molecule has 0 aliphatic rings. The molecule has 0 atom stereocenters. The number of nitrogens with zero attached hydrogens (tertiary/aromatic N) is 1. The lowest BCUT2D eigenvalue weighted by molar-refractivity contribution is 0.555. The molecule has 0 saturated carbocycles. The van der Waals surface area contributed by atoms with Gasteiger partial charge in [-0.05, 0) is 18.2 Å². The summed E-state index contributed by atoms with van der Waals surface area (Å²) in [5.74, 6) is -0.105. The summed E-state index contributed by atoms with van der Waals surface area (Å²) in [5.41, 5.74) is 8.34. The van der Waals surface area contributed by atoms with Crippen LogP contribution in [0.5, 0.6) is 0 Å². The fraction of sp³-hybridized carbons (Fsp3) is 0. The highest BCUT2D eigenvalue weighted by molar-refractivity contribution is 5.79. The second-order valence-corrected chi connectivity index (χ2v) is 3.41. The van der Waals surface area contributed by atoms with E-state index in [-0.39, 0.29) is 0 Å². The molecule has 0 bridgehead atoms. The van der Waals surface area contributed by atoms with Crippen LogP contribution in [-0.2, 0) is 0 Å². The molecule has 80 valence electrons. The number of hydrogen-bond donors (Lipinski definition) is 3. The molecule has 3 aromatic rings. The molecule has 16 heavy (non-hydrogen) atoms. The van der Waals surface area contributed by atoms with Crippen LogP contribution in [0.3, 0.4) is 0 Å². The number of aromatic nitrogens is 3. The summed E-state index contributed by atoms with van der Waals surface area (Å²) in [4.78, 5) is 20.4. The van der Waals surface area contributed by atoms with Gasteiger partial charge in [0, 0.05) is 5.56 Å². The van der Waals surface area contributed by atoms with Gasteiger partial charge in [0.2, 0.25) is 0 Å². The third kappa shape index (κ3) is 1.28. The summed E-state index contributed by atoms with van der Waals surface area (Å²) < 4.78 is 4.90. The maximum Gasteiger partial charge on any atom is 0.417 e. The first-order valence-corrected chi connectivity index (χ1v) is 4.66. The Morgan fingerprint density at radius 1 is 1.31 bits per heavy atom. The van der Waals surface area contributed by atoms with Gasteiger partial charge in [-0.2, -0.15) is 0 Å². The number of fused-ring (bicyclic) bond motifs is 1. The number of H-pyrrole nitrogens is 2. The van der Waals surface area contributed by atoms with Gasteiger partial charge in [-0.25, -0.2) is 9.78 Å². The maximum atomic E-state index is 11.0. The first-order valence-electron chi connectivity index (χ1n) is 4.66. The van der Waals surface area contributed by atoms with Crippen LogP contribution in [0, 0.1) is 0 Å². The van der Waals surface area contributed by atoms with Crippen molar-refractivity contribution >= 4 is 17.0 Å². The average Bonchev–Trinajstić information content (AvgIpc) is 2.81. The van der Waals surface area contributed by atoms with Gasteiger partial charge in [-0.15, -0.1) is 0 Å². The van der Waals surface area contributed by atoms with Gasteiger partial charge in [-0.3, -0.25) is 4.98 Å². The number of nitrogen functional groups attached to an aromatic ring is 1. The van der Waals surface area contributed by atoms with E-state index in [1.165, 1.54) is 0 Å². The molecule has 3 rings (SSSR count). The molecule has 0 spiro atoms. The van der Waals surface area contributed by atoms with E-state index in [9.17, 15) is 4.79 Å². The highest BCUT2D eigenvalue weighted by atomic mass is 16.4. The Balaban J connectivity index is 2.21. The summed E-state index contributed by atoms with van der Waals surface area (Å²) in [5, 5.41) is 0. The summed E-state index contributed by atoms with van der Waals surface area (Å²) >= 11 is 0. The van der Waals surface area contributed by atoms with Crippen molar-refractivity contribution in [2.24, 2.45) is 0 Å². The van der Waals surface area contributed by atoms with E-state index in [4.69, 9.17) is 10.2 Å². The molecular formula is C10H8N4O2. The minimum atomic E-state index is -0.462. The molecule has 0 amide bonds. The average molecular weight is 216 g/mol. The fourth-order valence-corrected chi connectivity index (χ4v) is 1.60. The topological polar surface area (TPSA) is 101 Å².